The summed E-state index contributed by atoms with van der Waals surface area (Å²) in [6, 6.07) is 13.8. The number of likely N-dealkylation sites (tertiary alicyclic amines) is 1. The predicted molar refractivity (Wildman–Crippen MR) is 163 cm³/mol. The van der Waals surface area contributed by atoms with Crippen LogP contribution in [0.15, 0.2) is 54.7 Å². The number of para-hydroxylation sites is 1. The van der Waals surface area contributed by atoms with Gasteiger partial charge in [-0.3, -0.25) is 14.4 Å². The molecule has 2 heterocycles. The molecule has 0 bridgehead atoms. The molecule has 1 amide bonds. The number of rotatable bonds is 9. The quantitative estimate of drug-likeness (QED) is 0.199. The van der Waals surface area contributed by atoms with Crippen molar-refractivity contribution >= 4 is 28.6 Å². The molecule has 1 aliphatic carbocycles. The summed E-state index contributed by atoms with van der Waals surface area (Å²) in [6.45, 7) is 7.81. The summed E-state index contributed by atoms with van der Waals surface area (Å²) in [4.78, 5) is 41.9. The smallest absolute Gasteiger partial charge is 0.307 e. The maximum atomic E-state index is 14.5. The highest BCUT2D eigenvalue weighted by Crippen LogP contribution is 2.36. The number of carbonyl (C=O) groups excluding carboxylic acids is 3. The number of ketones is 1. The molecule has 8 heteroatoms. The maximum Gasteiger partial charge on any atom is 0.307 e. The topological polar surface area (TPSA) is 77.8 Å². The number of esters is 1. The molecule has 230 valence electrons. The predicted octanol–water partition coefficient (Wildman–Crippen LogP) is 6.96. The molecule has 43 heavy (non-hydrogen) atoms. The van der Waals surface area contributed by atoms with Gasteiger partial charge in [0.25, 0.3) is 0 Å². The van der Waals surface area contributed by atoms with E-state index in [9.17, 15) is 18.8 Å². The van der Waals surface area contributed by atoms with E-state index in [1.807, 2.05) is 60.6 Å². The number of benzene rings is 2. The van der Waals surface area contributed by atoms with Gasteiger partial charge in [0, 0.05) is 35.6 Å². The van der Waals surface area contributed by atoms with Gasteiger partial charge in [0.2, 0.25) is 5.91 Å². The molecule has 0 unspecified atom stereocenters. The van der Waals surface area contributed by atoms with Gasteiger partial charge in [-0.25, -0.2) is 4.39 Å². The minimum absolute atomic E-state index is 0.0452. The first-order chi connectivity index (χ1) is 20.5. The molecule has 1 aliphatic heterocycles. The van der Waals surface area contributed by atoms with Crippen LogP contribution in [0, 0.1) is 17.7 Å². The number of Topliss-reactive ketones (excluding diaryl/α,β-unsaturated/α-hetero) is 1. The highest BCUT2D eigenvalue weighted by molar-refractivity contribution is 6.07. The van der Waals surface area contributed by atoms with Gasteiger partial charge in [-0.2, -0.15) is 0 Å². The Morgan fingerprint density at radius 2 is 1.74 bits per heavy atom. The van der Waals surface area contributed by atoms with Gasteiger partial charge < -0.3 is 18.9 Å². The van der Waals surface area contributed by atoms with Gasteiger partial charge in [-0.05, 0) is 76.8 Å². The van der Waals surface area contributed by atoms with Crippen molar-refractivity contribution in [3.05, 3.63) is 66.1 Å². The van der Waals surface area contributed by atoms with Crippen LogP contribution in [0.4, 0.5) is 4.39 Å². The average molecular weight is 591 g/mol. The van der Waals surface area contributed by atoms with Gasteiger partial charge in [-0.15, -0.1) is 0 Å². The van der Waals surface area contributed by atoms with Gasteiger partial charge >= 0.3 is 5.97 Å². The highest BCUT2D eigenvalue weighted by Gasteiger charge is 2.43. The zero-order valence-electron chi connectivity index (χ0n) is 25.7. The number of ether oxygens (including phenoxy) is 2. The third-order valence-electron chi connectivity index (χ3n) is 8.68. The van der Waals surface area contributed by atoms with E-state index < -0.39 is 17.3 Å². The Balaban J connectivity index is 1.46. The van der Waals surface area contributed by atoms with Gasteiger partial charge in [0.15, 0.2) is 5.78 Å². The number of nitrogens with zero attached hydrogens (tertiary/aromatic N) is 2. The normalized spacial score (nSPS) is 20.3. The van der Waals surface area contributed by atoms with Crippen molar-refractivity contribution in [3.63, 3.8) is 0 Å². The van der Waals surface area contributed by atoms with E-state index in [0.717, 1.165) is 43.4 Å². The monoisotopic (exact) mass is 590 g/mol. The van der Waals surface area contributed by atoms with Crippen molar-refractivity contribution in [2.45, 2.75) is 96.9 Å². The first-order valence-electron chi connectivity index (χ1n) is 15.5. The van der Waals surface area contributed by atoms with Crippen LogP contribution in [0.5, 0.6) is 5.75 Å². The second-order valence-electron chi connectivity index (χ2n) is 13.1. The molecule has 2 aromatic carbocycles. The molecule has 3 atom stereocenters. The lowest BCUT2D eigenvalue weighted by molar-refractivity contribution is -0.160. The fraction of sp³-hybridized carbons (Fsp3) is 0.514. The Kier molecular flexibility index (Phi) is 9.23. The second kappa shape index (κ2) is 12.9. The largest absolute Gasteiger partial charge is 0.489 e. The first kappa shape index (κ1) is 30.8. The van der Waals surface area contributed by atoms with Crippen LogP contribution in [0.25, 0.3) is 10.9 Å². The molecular weight excluding hydrogens is 547 g/mol. The Labute approximate surface area is 253 Å². The number of fused-ring (bicyclic) bond motifs is 1. The van der Waals surface area contributed by atoms with Crippen LogP contribution in [0.1, 0.15) is 83.0 Å². The van der Waals surface area contributed by atoms with Gasteiger partial charge in [-0.1, -0.05) is 37.5 Å². The van der Waals surface area contributed by atoms with Crippen molar-refractivity contribution in [1.82, 2.24) is 9.47 Å². The van der Waals surface area contributed by atoms with E-state index in [-0.39, 0.29) is 42.1 Å². The maximum absolute atomic E-state index is 14.5. The molecule has 1 saturated carbocycles. The average Bonchev–Trinajstić information content (AvgIpc) is 3.52. The summed E-state index contributed by atoms with van der Waals surface area (Å²) in [5.41, 5.74) is 0.558. The van der Waals surface area contributed by atoms with Crippen LogP contribution in [-0.4, -0.2) is 51.4 Å². The van der Waals surface area contributed by atoms with E-state index in [2.05, 4.69) is 0 Å². The van der Waals surface area contributed by atoms with Crippen molar-refractivity contribution in [2.24, 2.45) is 11.8 Å². The molecule has 0 spiro atoms. The summed E-state index contributed by atoms with van der Waals surface area (Å²) >= 11 is 0. The van der Waals surface area contributed by atoms with E-state index in [0.29, 0.717) is 30.5 Å². The molecule has 5 rings (SSSR count). The Bertz CT molecular complexity index is 1450. The molecule has 7 nitrogen and oxygen atoms in total. The van der Waals surface area contributed by atoms with Crippen LogP contribution in [0.2, 0.25) is 0 Å². The summed E-state index contributed by atoms with van der Waals surface area (Å²) in [6.07, 6.45) is 7.22. The van der Waals surface area contributed by atoms with Crippen molar-refractivity contribution in [1.29, 1.82) is 0 Å². The third kappa shape index (κ3) is 7.46. The lowest BCUT2D eigenvalue weighted by atomic mass is 9.77. The zero-order valence-corrected chi connectivity index (χ0v) is 25.7. The summed E-state index contributed by atoms with van der Waals surface area (Å²) in [5, 5.41) is 0.561. The van der Waals surface area contributed by atoms with Gasteiger partial charge in [0.05, 0.1) is 24.9 Å². The van der Waals surface area contributed by atoms with Crippen molar-refractivity contribution < 1.29 is 28.2 Å². The number of carbonyl (C=O) groups is 3. The minimum atomic E-state index is -0.634. The molecule has 0 radical (unpaired) electrons. The fourth-order valence-electron chi connectivity index (χ4n) is 6.79. The lowest BCUT2D eigenvalue weighted by Gasteiger charge is -2.34. The Hall–Kier alpha value is -3.68. The third-order valence-corrected chi connectivity index (χ3v) is 8.68. The van der Waals surface area contributed by atoms with Crippen LogP contribution in [0.3, 0.4) is 0 Å². The van der Waals surface area contributed by atoms with Crippen LogP contribution in [-0.2, 0) is 20.9 Å². The van der Waals surface area contributed by atoms with Crippen molar-refractivity contribution in [2.75, 3.05) is 6.54 Å². The number of amides is 1. The van der Waals surface area contributed by atoms with E-state index in [4.69, 9.17) is 9.47 Å². The molecule has 2 fully saturated rings. The second-order valence-corrected chi connectivity index (χ2v) is 13.1. The molecule has 1 saturated heterocycles. The summed E-state index contributed by atoms with van der Waals surface area (Å²) in [5.74, 6) is -0.573. The summed E-state index contributed by atoms with van der Waals surface area (Å²) < 4.78 is 28.1. The Morgan fingerprint density at radius 3 is 2.42 bits per heavy atom. The number of aromatic nitrogens is 1. The lowest BCUT2D eigenvalue weighted by Crippen LogP contribution is -2.45. The van der Waals surface area contributed by atoms with Crippen LogP contribution < -0.4 is 4.74 Å². The molecule has 0 N–H and O–H groups in total. The molecule has 3 aromatic rings. The van der Waals surface area contributed by atoms with E-state index in [1.165, 1.54) is 19.1 Å². The highest BCUT2D eigenvalue weighted by atomic mass is 19.1. The van der Waals surface area contributed by atoms with Crippen molar-refractivity contribution in [3.8, 4) is 5.75 Å². The number of hydrogen-bond donors (Lipinski definition) is 0. The van der Waals surface area contributed by atoms with Crippen LogP contribution >= 0.6 is 0 Å². The van der Waals surface area contributed by atoms with Gasteiger partial charge in [0.1, 0.15) is 23.3 Å². The SMILES string of the molecule is CC(=O)c1cn(C[C@@H]2C[C@H](Oc3ccccc3)CN2C(=O)[C@@H](CC(=O)OC(C)(C)C)C2CCCCC2)c2ccc(F)cc12. The minimum Gasteiger partial charge on any atom is -0.489 e. The molecule has 2 aliphatic rings. The molecular formula is C35H43FN2O5. The summed E-state index contributed by atoms with van der Waals surface area (Å²) in [7, 11) is 0. The number of hydrogen-bond acceptors (Lipinski definition) is 5. The van der Waals surface area contributed by atoms with E-state index >= 15 is 0 Å². The first-order valence-corrected chi connectivity index (χ1v) is 15.5. The Morgan fingerprint density at radius 1 is 1.02 bits per heavy atom. The van der Waals surface area contributed by atoms with E-state index in [1.54, 1.807) is 12.3 Å². The number of halogens is 1. The standard InChI is InChI=1S/C35H43FN2O5/c1-23(39)31-22-37(32-16-15-25(36)17-30(31)32)20-26-18-28(42-27-13-9-6-10-14-27)21-38(26)34(41)29(24-11-7-5-8-12-24)19-33(40)43-35(2,3)4/h6,9-10,13-17,22,24,26,28-29H,5,7-8,11-12,18-21H2,1-4H3/t26-,28-,29-/m0/s1. The zero-order chi connectivity index (χ0) is 30.7. The fourth-order valence-corrected chi connectivity index (χ4v) is 6.79. The molecule has 1 aromatic heterocycles.